The molecule has 0 radical (unpaired) electrons. The van der Waals surface area contributed by atoms with Gasteiger partial charge in [-0.05, 0) is 53.9 Å². The lowest BCUT2D eigenvalue weighted by Gasteiger charge is -2.28. The quantitative estimate of drug-likeness (QED) is 0.511. The third-order valence-electron chi connectivity index (χ3n) is 4.52. The summed E-state index contributed by atoms with van der Waals surface area (Å²) in [6.07, 6.45) is 0.832. The van der Waals surface area contributed by atoms with E-state index in [4.69, 9.17) is 27.9 Å². The van der Waals surface area contributed by atoms with Gasteiger partial charge in [0.2, 0.25) is 5.60 Å². The lowest BCUT2D eigenvalue weighted by molar-refractivity contribution is -0.153. The van der Waals surface area contributed by atoms with Gasteiger partial charge in [-0.25, -0.2) is 4.79 Å². The van der Waals surface area contributed by atoms with Crippen LogP contribution in [0.25, 0.3) is 0 Å². The van der Waals surface area contributed by atoms with E-state index in [1.807, 2.05) is 54.6 Å². The molecule has 144 valence electrons. The normalized spacial score (nSPS) is 13.0. The fraction of sp³-hybridized carbons (Fsp3) is 0.174. The average Bonchev–Trinajstić information content (AvgIpc) is 2.67. The van der Waals surface area contributed by atoms with E-state index in [0.717, 1.165) is 16.7 Å². The standard InChI is InChI=1S/C23H20Cl2O3/c1-23(22(26)27,15-17-8-12-20(25)13-9-17)28-21-5-3-2-4-18(21)14-16-6-10-19(24)11-7-16/h2-13H,14-15H2,1H3,(H,26,27). The molecule has 1 atom stereocenters. The van der Waals surface area contributed by atoms with Gasteiger partial charge in [0.15, 0.2) is 0 Å². The number of rotatable bonds is 7. The van der Waals surface area contributed by atoms with Crippen molar-refractivity contribution in [3.63, 3.8) is 0 Å². The zero-order chi connectivity index (χ0) is 20.1. The summed E-state index contributed by atoms with van der Waals surface area (Å²) in [6, 6.07) is 22.2. The Hall–Kier alpha value is -2.49. The number of aliphatic carboxylic acids is 1. The summed E-state index contributed by atoms with van der Waals surface area (Å²) in [5.41, 5.74) is 1.40. The van der Waals surface area contributed by atoms with Gasteiger partial charge in [-0.1, -0.05) is 65.7 Å². The molecule has 3 nitrogen and oxygen atoms in total. The number of hydrogen-bond acceptors (Lipinski definition) is 2. The molecule has 0 aliphatic carbocycles. The molecule has 3 aromatic carbocycles. The summed E-state index contributed by atoms with van der Waals surface area (Å²) in [7, 11) is 0. The molecule has 3 aromatic rings. The van der Waals surface area contributed by atoms with Crippen molar-refractivity contribution in [2.24, 2.45) is 0 Å². The van der Waals surface area contributed by atoms with Crippen molar-refractivity contribution in [1.82, 2.24) is 0 Å². The molecule has 1 unspecified atom stereocenters. The van der Waals surface area contributed by atoms with E-state index < -0.39 is 11.6 Å². The summed E-state index contributed by atoms with van der Waals surface area (Å²) < 4.78 is 6.07. The smallest absolute Gasteiger partial charge is 0.348 e. The Morgan fingerprint density at radius 2 is 1.43 bits per heavy atom. The number of carbonyl (C=O) groups is 1. The first-order valence-electron chi connectivity index (χ1n) is 8.85. The van der Waals surface area contributed by atoms with E-state index in [-0.39, 0.29) is 6.42 Å². The predicted molar refractivity (Wildman–Crippen MR) is 113 cm³/mol. The molecule has 0 aliphatic heterocycles. The van der Waals surface area contributed by atoms with Gasteiger partial charge >= 0.3 is 5.97 Å². The second kappa shape index (κ2) is 8.68. The highest BCUT2D eigenvalue weighted by Gasteiger charge is 2.36. The van der Waals surface area contributed by atoms with Crippen LogP contribution in [-0.2, 0) is 17.6 Å². The molecule has 0 aromatic heterocycles. The fourth-order valence-electron chi connectivity index (χ4n) is 2.96. The van der Waals surface area contributed by atoms with Crippen LogP contribution in [0.3, 0.4) is 0 Å². The molecule has 0 saturated carbocycles. The van der Waals surface area contributed by atoms with E-state index in [9.17, 15) is 9.90 Å². The molecule has 5 heteroatoms. The number of benzene rings is 3. The van der Waals surface area contributed by atoms with Crippen molar-refractivity contribution in [2.45, 2.75) is 25.4 Å². The maximum absolute atomic E-state index is 12.0. The Balaban J connectivity index is 1.86. The van der Waals surface area contributed by atoms with Gasteiger partial charge in [-0.15, -0.1) is 0 Å². The first-order valence-corrected chi connectivity index (χ1v) is 9.60. The molecular formula is C23H20Cl2O3. The van der Waals surface area contributed by atoms with E-state index >= 15 is 0 Å². The van der Waals surface area contributed by atoms with Crippen molar-refractivity contribution in [2.75, 3.05) is 0 Å². The van der Waals surface area contributed by atoms with E-state index in [0.29, 0.717) is 22.2 Å². The van der Waals surface area contributed by atoms with Gasteiger partial charge in [0, 0.05) is 22.9 Å². The third-order valence-corrected chi connectivity index (χ3v) is 5.03. The fourth-order valence-corrected chi connectivity index (χ4v) is 3.21. The summed E-state index contributed by atoms with van der Waals surface area (Å²) in [6.45, 7) is 1.59. The Morgan fingerprint density at radius 3 is 2.00 bits per heavy atom. The van der Waals surface area contributed by atoms with Gasteiger partial charge in [-0.3, -0.25) is 0 Å². The number of ether oxygens (including phenoxy) is 1. The molecule has 28 heavy (non-hydrogen) atoms. The molecule has 0 spiro atoms. The molecular weight excluding hydrogens is 395 g/mol. The molecule has 0 amide bonds. The van der Waals surface area contributed by atoms with Crippen LogP contribution in [0.5, 0.6) is 5.75 Å². The summed E-state index contributed by atoms with van der Waals surface area (Å²) in [5.74, 6) is -0.472. The van der Waals surface area contributed by atoms with Gasteiger partial charge in [-0.2, -0.15) is 0 Å². The minimum Gasteiger partial charge on any atom is -0.478 e. The Bertz CT molecular complexity index is 952. The van der Waals surface area contributed by atoms with E-state index in [1.165, 1.54) is 0 Å². The van der Waals surface area contributed by atoms with E-state index in [1.54, 1.807) is 25.1 Å². The van der Waals surface area contributed by atoms with Gasteiger partial charge in [0.1, 0.15) is 5.75 Å². The monoisotopic (exact) mass is 414 g/mol. The zero-order valence-corrected chi connectivity index (χ0v) is 16.9. The van der Waals surface area contributed by atoms with Crippen molar-refractivity contribution < 1.29 is 14.6 Å². The highest BCUT2D eigenvalue weighted by Crippen LogP contribution is 2.28. The maximum Gasteiger partial charge on any atom is 0.348 e. The zero-order valence-electron chi connectivity index (χ0n) is 15.4. The maximum atomic E-state index is 12.0. The number of carboxylic acids is 1. The van der Waals surface area contributed by atoms with Crippen LogP contribution in [0.1, 0.15) is 23.6 Å². The van der Waals surface area contributed by atoms with Crippen LogP contribution in [0.15, 0.2) is 72.8 Å². The molecule has 0 saturated heterocycles. The van der Waals surface area contributed by atoms with Crippen LogP contribution in [0, 0.1) is 0 Å². The van der Waals surface area contributed by atoms with Gasteiger partial charge in [0.25, 0.3) is 0 Å². The lowest BCUT2D eigenvalue weighted by atomic mass is 9.95. The number of halogens is 2. The van der Waals surface area contributed by atoms with Crippen LogP contribution in [0.2, 0.25) is 10.0 Å². The Labute approximate surface area is 174 Å². The van der Waals surface area contributed by atoms with Gasteiger partial charge in [0.05, 0.1) is 0 Å². The second-order valence-electron chi connectivity index (χ2n) is 6.85. The molecule has 1 N–H and O–H groups in total. The summed E-state index contributed by atoms with van der Waals surface area (Å²) in [4.78, 5) is 12.0. The summed E-state index contributed by atoms with van der Waals surface area (Å²) in [5, 5.41) is 11.1. The first kappa shape index (κ1) is 20.2. The van der Waals surface area contributed by atoms with Crippen LogP contribution < -0.4 is 4.74 Å². The van der Waals surface area contributed by atoms with Crippen LogP contribution >= 0.6 is 23.2 Å². The SMILES string of the molecule is CC(Cc1ccc(Cl)cc1)(Oc1ccccc1Cc1ccc(Cl)cc1)C(=O)O. The van der Waals surface area contributed by atoms with Crippen molar-refractivity contribution in [3.05, 3.63) is 99.5 Å². The third kappa shape index (κ3) is 5.06. The first-order chi connectivity index (χ1) is 13.4. The number of hydrogen-bond donors (Lipinski definition) is 1. The minimum atomic E-state index is -1.41. The van der Waals surface area contributed by atoms with Crippen molar-refractivity contribution >= 4 is 29.2 Å². The molecule has 0 fully saturated rings. The second-order valence-corrected chi connectivity index (χ2v) is 7.73. The molecule has 0 aliphatic rings. The lowest BCUT2D eigenvalue weighted by Crippen LogP contribution is -2.43. The molecule has 0 heterocycles. The average molecular weight is 415 g/mol. The number of para-hydroxylation sites is 1. The highest BCUT2D eigenvalue weighted by molar-refractivity contribution is 6.30. The Morgan fingerprint density at radius 1 is 0.893 bits per heavy atom. The number of carboxylic acid groups (broad SMARTS) is 1. The minimum absolute atomic E-state index is 0.217. The predicted octanol–water partition coefficient (Wildman–Crippen LogP) is 6.05. The molecule has 3 rings (SSSR count). The van der Waals surface area contributed by atoms with E-state index in [2.05, 4.69) is 0 Å². The van der Waals surface area contributed by atoms with Crippen molar-refractivity contribution in [1.29, 1.82) is 0 Å². The van der Waals surface area contributed by atoms with Crippen molar-refractivity contribution in [3.8, 4) is 5.75 Å². The summed E-state index contributed by atoms with van der Waals surface area (Å²) >= 11 is 11.9. The Kier molecular flexibility index (Phi) is 6.28. The highest BCUT2D eigenvalue weighted by atomic mass is 35.5. The largest absolute Gasteiger partial charge is 0.478 e. The molecule has 0 bridgehead atoms. The van der Waals surface area contributed by atoms with Crippen LogP contribution in [0.4, 0.5) is 0 Å². The van der Waals surface area contributed by atoms with Crippen LogP contribution in [-0.4, -0.2) is 16.7 Å². The van der Waals surface area contributed by atoms with Gasteiger partial charge < -0.3 is 9.84 Å². The topological polar surface area (TPSA) is 46.5 Å².